The van der Waals surface area contributed by atoms with Crippen LogP contribution in [0.5, 0.6) is 5.75 Å². The van der Waals surface area contributed by atoms with E-state index in [4.69, 9.17) is 4.74 Å². The molecular weight excluding hydrogens is 355 g/mol. The van der Waals surface area contributed by atoms with Gasteiger partial charge in [0.1, 0.15) is 11.6 Å². The van der Waals surface area contributed by atoms with Crippen molar-refractivity contribution in [1.82, 2.24) is 5.43 Å². The van der Waals surface area contributed by atoms with Gasteiger partial charge in [-0.15, -0.1) is 11.3 Å². The van der Waals surface area contributed by atoms with Crippen LogP contribution in [-0.2, 0) is 0 Å². The van der Waals surface area contributed by atoms with E-state index < -0.39 is 11.8 Å². The van der Waals surface area contributed by atoms with E-state index in [0.29, 0.717) is 10.4 Å². The van der Waals surface area contributed by atoms with Crippen LogP contribution in [0.25, 0.3) is 0 Å². The third kappa shape index (κ3) is 4.40. The molecule has 0 saturated carbocycles. The lowest BCUT2D eigenvalue weighted by Gasteiger charge is -2.05. The van der Waals surface area contributed by atoms with Gasteiger partial charge in [0.15, 0.2) is 0 Å². The number of ether oxygens (including phenoxy) is 1. The Hall–Kier alpha value is -3.32. The van der Waals surface area contributed by atoms with E-state index in [2.05, 4.69) is 10.5 Å². The zero-order chi connectivity index (χ0) is 18.4. The van der Waals surface area contributed by atoms with Crippen LogP contribution >= 0.6 is 11.3 Å². The number of nitrogens with zero attached hydrogens (tertiary/aromatic N) is 1. The molecule has 0 aliphatic heterocycles. The van der Waals surface area contributed by atoms with E-state index in [0.717, 1.165) is 0 Å². The van der Waals surface area contributed by atoms with Crippen molar-refractivity contribution in [3.05, 3.63) is 87.9 Å². The molecule has 130 valence electrons. The number of carbonyl (C=O) groups excluding carboxylic acids is 2. The lowest BCUT2D eigenvalue weighted by molar-refractivity contribution is 0.0729. The molecule has 0 radical (unpaired) electrons. The summed E-state index contributed by atoms with van der Waals surface area (Å²) in [7, 11) is 0. The van der Waals surface area contributed by atoms with Gasteiger partial charge in [-0.1, -0.05) is 18.2 Å². The Bertz CT molecular complexity index is 938. The summed E-state index contributed by atoms with van der Waals surface area (Å²) >= 11 is 1.32. The largest absolute Gasteiger partial charge is 0.423 e. The molecular formula is C19H13FN2O3S. The van der Waals surface area contributed by atoms with Crippen molar-refractivity contribution in [1.29, 1.82) is 0 Å². The van der Waals surface area contributed by atoms with Crippen LogP contribution in [0.1, 0.15) is 25.6 Å². The number of nitrogens with one attached hydrogen (secondary N) is 1. The highest BCUT2D eigenvalue weighted by Gasteiger charge is 2.13. The van der Waals surface area contributed by atoms with Gasteiger partial charge in [-0.3, -0.25) is 4.79 Å². The van der Waals surface area contributed by atoms with Gasteiger partial charge in [0.2, 0.25) is 0 Å². The highest BCUT2D eigenvalue weighted by atomic mass is 32.1. The fourth-order valence-corrected chi connectivity index (χ4v) is 2.65. The third-order valence-electron chi connectivity index (χ3n) is 3.31. The molecule has 1 N–H and O–H groups in total. The molecule has 0 atom stereocenters. The topological polar surface area (TPSA) is 67.8 Å². The smallest absolute Gasteiger partial charge is 0.346 e. The number of hydrazone groups is 1. The highest BCUT2D eigenvalue weighted by molar-refractivity contribution is 7.12. The van der Waals surface area contributed by atoms with E-state index >= 15 is 0 Å². The molecule has 0 saturated heterocycles. The molecule has 2 aromatic carbocycles. The molecule has 7 heteroatoms. The summed E-state index contributed by atoms with van der Waals surface area (Å²) in [5.74, 6) is -1.42. The molecule has 5 nitrogen and oxygen atoms in total. The Morgan fingerprint density at radius 1 is 1.04 bits per heavy atom. The number of carbonyl (C=O) groups is 2. The van der Waals surface area contributed by atoms with Crippen molar-refractivity contribution >= 4 is 29.4 Å². The number of hydrogen-bond acceptors (Lipinski definition) is 5. The van der Waals surface area contributed by atoms with Crippen LogP contribution in [0.4, 0.5) is 4.39 Å². The number of halogens is 1. The second kappa shape index (κ2) is 8.17. The number of esters is 1. The highest BCUT2D eigenvalue weighted by Crippen LogP contribution is 2.15. The molecule has 1 amide bonds. The normalized spacial score (nSPS) is 10.7. The second-order valence-corrected chi connectivity index (χ2v) is 6.06. The molecule has 0 aliphatic carbocycles. The van der Waals surface area contributed by atoms with Gasteiger partial charge in [-0.25, -0.2) is 14.6 Å². The van der Waals surface area contributed by atoms with Gasteiger partial charge in [0.05, 0.1) is 16.7 Å². The van der Waals surface area contributed by atoms with Gasteiger partial charge >= 0.3 is 5.97 Å². The van der Waals surface area contributed by atoms with Crippen LogP contribution in [-0.4, -0.2) is 18.1 Å². The maximum absolute atomic E-state index is 13.6. The average molecular weight is 368 g/mol. The Morgan fingerprint density at radius 2 is 1.81 bits per heavy atom. The zero-order valence-corrected chi connectivity index (χ0v) is 14.2. The summed E-state index contributed by atoms with van der Waals surface area (Å²) in [6, 6.07) is 15.5. The predicted molar refractivity (Wildman–Crippen MR) is 97.2 cm³/mol. The lowest BCUT2D eigenvalue weighted by atomic mass is 10.2. The lowest BCUT2D eigenvalue weighted by Crippen LogP contribution is -2.16. The van der Waals surface area contributed by atoms with Gasteiger partial charge in [-0.05, 0) is 53.4 Å². The van der Waals surface area contributed by atoms with Gasteiger partial charge in [0.25, 0.3) is 5.91 Å². The maximum atomic E-state index is 13.6. The molecule has 3 aromatic rings. The van der Waals surface area contributed by atoms with Crippen LogP contribution < -0.4 is 10.2 Å². The fraction of sp³-hybridized carbons (Fsp3) is 0. The van der Waals surface area contributed by atoms with Gasteiger partial charge in [0, 0.05) is 0 Å². The first-order valence-corrected chi connectivity index (χ1v) is 8.45. The Labute approximate surface area is 152 Å². The fourth-order valence-electron chi connectivity index (χ4n) is 2.04. The average Bonchev–Trinajstić information content (AvgIpc) is 3.18. The zero-order valence-electron chi connectivity index (χ0n) is 13.4. The molecule has 0 bridgehead atoms. The second-order valence-electron chi connectivity index (χ2n) is 5.11. The SMILES string of the molecule is O=C(NN=Cc1ccc(OC(=O)c2ccccc2F)cc1)c1cccs1. The first-order valence-electron chi connectivity index (χ1n) is 7.57. The minimum absolute atomic E-state index is 0.130. The monoisotopic (exact) mass is 368 g/mol. The van der Waals surface area contributed by atoms with E-state index in [1.807, 2.05) is 0 Å². The molecule has 0 spiro atoms. The van der Waals surface area contributed by atoms with Gasteiger partial charge < -0.3 is 4.74 Å². The van der Waals surface area contributed by atoms with Crippen molar-refractivity contribution < 1.29 is 18.7 Å². The molecule has 3 rings (SSSR count). The summed E-state index contributed by atoms with van der Waals surface area (Å²) < 4.78 is 18.7. The van der Waals surface area contributed by atoms with Crippen molar-refractivity contribution in [3.63, 3.8) is 0 Å². The third-order valence-corrected chi connectivity index (χ3v) is 4.18. The van der Waals surface area contributed by atoms with Crippen molar-refractivity contribution in [2.45, 2.75) is 0 Å². The number of benzene rings is 2. The summed E-state index contributed by atoms with van der Waals surface area (Å²) in [4.78, 5) is 24.2. The Morgan fingerprint density at radius 3 is 2.50 bits per heavy atom. The number of hydrogen-bond donors (Lipinski definition) is 1. The molecule has 1 heterocycles. The molecule has 26 heavy (non-hydrogen) atoms. The summed E-state index contributed by atoms with van der Waals surface area (Å²) in [6.07, 6.45) is 1.47. The summed E-state index contributed by atoms with van der Waals surface area (Å²) in [5.41, 5.74) is 2.99. The summed E-state index contributed by atoms with van der Waals surface area (Å²) in [6.45, 7) is 0. The van der Waals surface area contributed by atoms with E-state index in [9.17, 15) is 14.0 Å². The van der Waals surface area contributed by atoms with Crippen LogP contribution in [0.2, 0.25) is 0 Å². The van der Waals surface area contributed by atoms with Gasteiger partial charge in [-0.2, -0.15) is 5.10 Å². The van der Waals surface area contributed by atoms with Crippen LogP contribution in [0.15, 0.2) is 71.1 Å². The molecule has 1 aromatic heterocycles. The number of rotatable bonds is 5. The van der Waals surface area contributed by atoms with E-state index in [1.54, 1.807) is 47.8 Å². The Balaban J connectivity index is 1.58. The predicted octanol–water partition coefficient (Wildman–Crippen LogP) is 3.87. The van der Waals surface area contributed by atoms with E-state index in [-0.39, 0.29) is 17.2 Å². The Kier molecular flexibility index (Phi) is 5.50. The van der Waals surface area contributed by atoms with Crippen molar-refractivity contribution in [2.75, 3.05) is 0 Å². The van der Waals surface area contributed by atoms with Crippen LogP contribution in [0, 0.1) is 5.82 Å². The standard InChI is InChI=1S/C19H13FN2O3S/c20-16-5-2-1-4-15(16)19(24)25-14-9-7-13(8-10-14)12-21-22-18(23)17-6-3-11-26-17/h1-12H,(H,22,23). The molecule has 0 unspecified atom stereocenters. The number of amides is 1. The summed E-state index contributed by atoms with van der Waals surface area (Å²) in [5, 5.41) is 5.68. The maximum Gasteiger partial charge on any atom is 0.346 e. The van der Waals surface area contributed by atoms with Crippen LogP contribution in [0.3, 0.4) is 0 Å². The molecule has 0 aliphatic rings. The first kappa shape index (κ1) is 17.5. The molecule has 0 fully saturated rings. The minimum atomic E-state index is -0.771. The van der Waals surface area contributed by atoms with Crippen molar-refractivity contribution in [2.24, 2.45) is 5.10 Å². The quantitative estimate of drug-likeness (QED) is 0.322. The van der Waals surface area contributed by atoms with Crippen molar-refractivity contribution in [3.8, 4) is 5.75 Å². The number of thiophene rings is 1. The minimum Gasteiger partial charge on any atom is -0.423 e. The van der Waals surface area contributed by atoms with E-state index in [1.165, 1.54) is 35.8 Å². The first-order chi connectivity index (χ1) is 12.6.